The monoisotopic (exact) mass is 185 g/mol. The van der Waals surface area contributed by atoms with E-state index in [1.54, 1.807) is 0 Å². The van der Waals surface area contributed by atoms with E-state index in [0.29, 0.717) is 11.8 Å². The fourth-order valence-electron chi connectivity index (χ4n) is 2.30. The highest BCUT2D eigenvalue weighted by atomic mass is 16.4. The molecule has 0 spiro atoms. The van der Waals surface area contributed by atoms with Gasteiger partial charge in [-0.15, -0.1) is 0 Å². The molecule has 1 aliphatic carbocycles. The molecule has 1 saturated carbocycles. The van der Waals surface area contributed by atoms with Crippen LogP contribution in [0.3, 0.4) is 0 Å². The SMILES string of the molecule is CC(C)C1CCCCC1NC(=O)O. The maximum Gasteiger partial charge on any atom is 0.404 e. The van der Waals surface area contributed by atoms with Gasteiger partial charge >= 0.3 is 6.09 Å². The summed E-state index contributed by atoms with van der Waals surface area (Å²) in [6.07, 6.45) is 3.71. The predicted octanol–water partition coefficient (Wildman–Crippen LogP) is 2.47. The van der Waals surface area contributed by atoms with Gasteiger partial charge in [0.25, 0.3) is 0 Å². The van der Waals surface area contributed by atoms with Gasteiger partial charge in [0.15, 0.2) is 0 Å². The summed E-state index contributed by atoms with van der Waals surface area (Å²) in [5, 5.41) is 11.3. The Hall–Kier alpha value is -0.730. The normalized spacial score (nSPS) is 28.8. The average Bonchev–Trinajstić information content (AvgIpc) is 2.03. The molecule has 2 unspecified atom stereocenters. The summed E-state index contributed by atoms with van der Waals surface area (Å²) in [7, 11) is 0. The third-order valence-electron chi connectivity index (χ3n) is 2.98. The molecule has 3 nitrogen and oxygen atoms in total. The number of amides is 1. The number of hydrogen-bond acceptors (Lipinski definition) is 1. The molecule has 0 aliphatic heterocycles. The predicted molar refractivity (Wildman–Crippen MR) is 51.7 cm³/mol. The Kier molecular flexibility index (Phi) is 3.58. The maximum absolute atomic E-state index is 10.5. The highest BCUT2D eigenvalue weighted by Crippen LogP contribution is 2.29. The van der Waals surface area contributed by atoms with Crippen molar-refractivity contribution in [1.82, 2.24) is 5.32 Å². The van der Waals surface area contributed by atoms with Crippen LogP contribution in [0, 0.1) is 11.8 Å². The van der Waals surface area contributed by atoms with Crippen molar-refractivity contribution in [2.45, 2.75) is 45.6 Å². The minimum Gasteiger partial charge on any atom is -0.465 e. The molecule has 1 fully saturated rings. The lowest BCUT2D eigenvalue weighted by Crippen LogP contribution is -2.43. The lowest BCUT2D eigenvalue weighted by molar-refractivity contribution is 0.163. The van der Waals surface area contributed by atoms with E-state index in [1.807, 2.05) is 0 Å². The van der Waals surface area contributed by atoms with Gasteiger partial charge in [0.2, 0.25) is 0 Å². The van der Waals surface area contributed by atoms with Gasteiger partial charge in [-0.1, -0.05) is 26.7 Å². The molecule has 0 aromatic rings. The second-order valence-corrected chi connectivity index (χ2v) is 4.25. The Labute approximate surface area is 79.5 Å². The van der Waals surface area contributed by atoms with E-state index in [4.69, 9.17) is 5.11 Å². The zero-order chi connectivity index (χ0) is 9.84. The molecule has 1 aliphatic rings. The van der Waals surface area contributed by atoms with E-state index in [2.05, 4.69) is 19.2 Å². The van der Waals surface area contributed by atoms with Crippen molar-refractivity contribution in [2.24, 2.45) is 11.8 Å². The molecular formula is C10H19NO2. The van der Waals surface area contributed by atoms with Crippen LogP contribution in [0.4, 0.5) is 4.79 Å². The van der Waals surface area contributed by atoms with Gasteiger partial charge in [-0.25, -0.2) is 4.79 Å². The summed E-state index contributed by atoms with van der Waals surface area (Å²) in [5.74, 6) is 1.11. The maximum atomic E-state index is 10.5. The Bertz CT molecular complexity index is 180. The van der Waals surface area contributed by atoms with E-state index >= 15 is 0 Å². The van der Waals surface area contributed by atoms with E-state index < -0.39 is 6.09 Å². The molecule has 0 aromatic carbocycles. The quantitative estimate of drug-likeness (QED) is 0.694. The van der Waals surface area contributed by atoms with Gasteiger partial charge < -0.3 is 10.4 Å². The average molecular weight is 185 g/mol. The van der Waals surface area contributed by atoms with Crippen molar-refractivity contribution in [1.29, 1.82) is 0 Å². The first kappa shape index (κ1) is 10.4. The van der Waals surface area contributed by atoms with Gasteiger partial charge in [-0.2, -0.15) is 0 Å². The largest absolute Gasteiger partial charge is 0.465 e. The Morgan fingerprint density at radius 1 is 1.38 bits per heavy atom. The van der Waals surface area contributed by atoms with E-state index in [9.17, 15) is 4.79 Å². The number of hydrogen-bond donors (Lipinski definition) is 2. The van der Waals surface area contributed by atoms with Crippen LogP contribution < -0.4 is 5.32 Å². The Morgan fingerprint density at radius 2 is 2.00 bits per heavy atom. The first-order valence-corrected chi connectivity index (χ1v) is 5.10. The summed E-state index contributed by atoms with van der Waals surface area (Å²) in [5.41, 5.74) is 0. The van der Waals surface area contributed by atoms with Crippen LogP contribution in [0.1, 0.15) is 39.5 Å². The first-order chi connectivity index (χ1) is 6.11. The Balaban J connectivity index is 2.51. The fourth-order valence-corrected chi connectivity index (χ4v) is 2.30. The minimum atomic E-state index is -0.877. The van der Waals surface area contributed by atoms with Gasteiger partial charge in [0.1, 0.15) is 0 Å². The fraction of sp³-hybridized carbons (Fsp3) is 0.900. The van der Waals surface area contributed by atoms with Gasteiger partial charge in [-0.05, 0) is 24.7 Å². The summed E-state index contributed by atoms with van der Waals surface area (Å²) < 4.78 is 0. The van der Waals surface area contributed by atoms with Crippen LogP contribution in [0.2, 0.25) is 0 Å². The second-order valence-electron chi connectivity index (χ2n) is 4.25. The van der Waals surface area contributed by atoms with E-state index in [-0.39, 0.29) is 6.04 Å². The van der Waals surface area contributed by atoms with Crippen molar-refractivity contribution in [3.8, 4) is 0 Å². The highest BCUT2D eigenvalue weighted by Gasteiger charge is 2.28. The van der Waals surface area contributed by atoms with Gasteiger partial charge in [0, 0.05) is 6.04 Å². The smallest absolute Gasteiger partial charge is 0.404 e. The lowest BCUT2D eigenvalue weighted by atomic mass is 9.78. The standard InChI is InChI=1S/C10H19NO2/c1-7(2)8-5-3-4-6-9(8)11-10(12)13/h7-9,11H,3-6H2,1-2H3,(H,12,13). The van der Waals surface area contributed by atoms with Crippen LogP contribution in [-0.4, -0.2) is 17.2 Å². The zero-order valence-electron chi connectivity index (χ0n) is 8.42. The summed E-state index contributed by atoms with van der Waals surface area (Å²) >= 11 is 0. The number of carboxylic acid groups (broad SMARTS) is 1. The summed E-state index contributed by atoms with van der Waals surface area (Å²) in [6, 6.07) is 0.186. The van der Waals surface area contributed by atoms with Crippen LogP contribution in [-0.2, 0) is 0 Å². The van der Waals surface area contributed by atoms with Gasteiger partial charge in [-0.3, -0.25) is 0 Å². The van der Waals surface area contributed by atoms with Crippen LogP contribution in [0.5, 0.6) is 0 Å². The van der Waals surface area contributed by atoms with Crippen molar-refractivity contribution in [2.75, 3.05) is 0 Å². The third kappa shape index (κ3) is 2.90. The van der Waals surface area contributed by atoms with E-state index in [0.717, 1.165) is 12.8 Å². The summed E-state index contributed by atoms with van der Waals surface area (Å²) in [4.78, 5) is 10.5. The van der Waals surface area contributed by atoms with Crippen molar-refractivity contribution >= 4 is 6.09 Å². The molecule has 0 heterocycles. The number of rotatable bonds is 2. The first-order valence-electron chi connectivity index (χ1n) is 5.10. The molecule has 0 radical (unpaired) electrons. The third-order valence-corrected chi connectivity index (χ3v) is 2.98. The van der Waals surface area contributed by atoms with Crippen molar-refractivity contribution in [3.63, 3.8) is 0 Å². The lowest BCUT2D eigenvalue weighted by Gasteiger charge is -2.34. The van der Waals surface area contributed by atoms with Crippen LogP contribution in [0.15, 0.2) is 0 Å². The molecule has 0 saturated heterocycles. The molecule has 3 heteroatoms. The second kappa shape index (κ2) is 4.49. The molecular weight excluding hydrogens is 166 g/mol. The Morgan fingerprint density at radius 3 is 2.54 bits per heavy atom. The van der Waals surface area contributed by atoms with Crippen molar-refractivity contribution < 1.29 is 9.90 Å². The molecule has 13 heavy (non-hydrogen) atoms. The molecule has 0 aromatic heterocycles. The molecule has 2 atom stereocenters. The molecule has 76 valence electrons. The van der Waals surface area contributed by atoms with E-state index in [1.165, 1.54) is 12.8 Å². The number of nitrogens with one attached hydrogen (secondary N) is 1. The topological polar surface area (TPSA) is 49.3 Å². The molecule has 0 bridgehead atoms. The highest BCUT2D eigenvalue weighted by molar-refractivity contribution is 5.64. The molecule has 1 amide bonds. The van der Waals surface area contributed by atoms with Crippen LogP contribution >= 0.6 is 0 Å². The zero-order valence-corrected chi connectivity index (χ0v) is 8.42. The van der Waals surface area contributed by atoms with Crippen molar-refractivity contribution in [3.05, 3.63) is 0 Å². The number of carbonyl (C=O) groups is 1. The minimum absolute atomic E-state index is 0.186. The van der Waals surface area contributed by atoms with Gasteiger partial charge in [0.05, 0.1) is 0 Å². The molecule has 1 rings (SSSR count). The van der Waals surface area contributed by atoms with Crippen LogP contribution in [0.25, 0.3) is 0 Å². The summed E-state index contributed by atoms with van der Waals surface area (Å²) in [6.45, 7) is 4.35. The molecule has 2 N–H and O–H groups in total.